The number of amides is 1. The molecule has 0 saturated heterocycles. The second-order valence-electron chi connectivity index (χ2n) is 6.09. The van der Waals surface area contributed by atoms with Crippen molar-refractivity contribution in [3.63, 3.8) is 0 Å². The minimum atomic E-state index is -0.493. The summed E-state index contributed by atoms with van der Waals surface area (Å²) in [7, 11) is 1.57. The highest BCUT2D eigenvalue weighted by Gasteiger charge is 2.25. The van der Waals surface area contributed by atoms with Gasteiger partial charge < -0.3 is 14.8 Å². The van der Waals surface area contributed by atoms with Crippen molar-refractivity contribution in [3.05, 3.63) is 46.4 Å². The Labute approximate surface area is 159 Å². The zero-order chi connectivity index (χ0) is 18.5. The van der Waals surface area contributed by atoms with Gasteiger partial charge in [-0.25, -0.2) is 14.4 Å². The summed E-state index contributed by atoms with van der Waals surface area (Å²) >= 11 is 3.40. The number of aromatic nitrogens is 2. The molecule has 26 heavy (non-hydrogen) atoms. The van der Waals surface area contributed by atoms with E-state index in [0.717, 1.165) is 42.5 Å². The molecule has 2 aromatic rings. The van der Waals surface area contributed by atoms with Crippen LogP contribution in [0.5, 0.6) is 11.8 Å². The normalized spacial score (nSPS) is 19.7. The molecule has 1 N–H and O–H groups in total. The maximum absolute atomic E-state index is 12.8. The lowest BCUT2D eigenvalue weighted by molar-refractivity contribution is 0.0884. The fourth-order valence-electron chi connectivity index (χ4n) is 2.90. The Hall–Kier alpha value is -2.22. The molecule has 6 nitrogen and oxygen atoms in total. The van der Waals surface area contributed by atoms with Crippen molar-refractivity contribution in [1.82, 2.24) is 15.3 Å². The lowest BCUT2D eigenvalue weighted by Gasteiger charge is -2.29. The van der Waals surface area contributed by atoms with Crippen LogP contribution < -0.4 is 14.8 Å². The molecule has 0 aliphatic heterocycles. The van der Waals surface area contributed by atoms with Gasteiger partial charge in [0.15, 0.2) is 5.82 Å². The quantitative estimate of drug-likeness (QED) is 0.796. The second kappa shape index (κ2) is 8.44. The van der Waals surface area contributed by atoms with Gasteiger partial charge >= 0.3 is 6.01 Å². The van der Waals surface area contributed by atoms with E-state index in [1.54, 1.807) is 25.3 Å². The average molecular weight is 424 g/mol. The Morgan fingerprint density at radius 2 is 1.92 bits per heavy atom. The molecule has 0 radical (unpaired) electrons. The molecular formula is C18H19BrFN3O3. The predicted octanol–water partition coefficient (Wildman–Crippen LogP) is 3.51. The van der Waals surface area contributed by atoms with E-state index in [0.29, 0.717) is 11.3 Å². The molecule has 1 saturated carbocycles. The highest BCUT2D eigenvalue weighted by Crippen LogP contribution is 2.25. The Morgan fingerprint density at radius 1 is 1.23 bits per heavy atom. The highest BCUT2D eigenvalue weighted by atomic mass is 79.9. The molecule has 0 unspecified atom stereocenters. The van der Waals surface area contributed by atoms with E-state index in [4.69, 9.17) is 9.47 Å². The molecule has 1 fully saturated rings. The number of carbonyl (C=O) groups excluding carboxylic acids is 1. The van der Waals surface area contributed by atoms with Gasteiger partial charge in [0.05, 0.1) is 25.1 Å². The van der Waals surface area contributed by atoms with Crippen LogP contribution >= 0.6 is 15.9 Å². The number of methoxy groups -OCH3 is 1. The maximum atomic E-state index is 12.8. The maximum Gasteiger partial charge on any atom is 0.316 e. The topological polar surface area (TPSA) is 73.3 Å². The van der Waals surface area contributed by atoms with Crippen LogP contribution in [0, 0.1) is 5.82 Å². The number of hydrogen-bond donors (Lipinski definition) is 1. The van der Waals surface area contributed by atoms with E-state index in [-0.39, 0.29) is 24.1 Å². The zero-order valence-electron chi connectivity index (χ0n) is 14.2. The molecule has 0 atom stereocenters. The molecular weight excluding hydrogens is 405 g/mol. The third kappa shape index (κ3) is 4.69. The first kappa shape index (κ1) is 18.6. The van der Waals surface area contributed by atoms with E-state index in [1.807, 2.05) is 0 Å². The number of halogens is 2. The second-order valence-corrected chi connectivity index (χ2v) is 6.95. The third-order valence-corrected chi connectivity index (χ3v) is 4.99. The van der Waals surface area contributed by atoms with Crippen LogP contribution in [0.1, 0.15) is 36.0 Å². The largest absolute Gasteiger partial charge is 0.497 e. The number of nitrogens with zero attached hydrogens (tertiary/aromatic N) is 2. The van der Waals surface area contributed by atoms with Gasteiger partial charge in [-0.05, 0) is 59.8 Å². The van der Waals surface area contributed by atoms with Crippen molar-refractivity contribution >= 4 is 21.8 Å². The Balaban J connectivity index is 1.52. The van der Waals surface area contributed by atoms with Crippen molar-refractivity contribution in [3.8, 4) is 11.8 Å². The molecule has 1 heterocycles. The van der Waals surface area contributed by atoms with Crippen LogP contribution in [0.4, 0.5) is 4.39 Å². The van der Waals surface area contributed by atoms with Crippen LogP contribution in [0.2, 0.25) is 0 Å². The summed E-state index contributed by atoms with van der Waals surface area (Å²) < 4.78 is 24.4. The van der Waals surface area contributed by atoms with E-state index in [1.165, 1.54) is 0 Å². The number of nitrogens with one attached hydrogen (secondary N) is 1. The van der Waals surface area contributed by atoms with Gasteiger partial charge in [-0.1, -0.05) is 0 Å². The van der Waals surface area contributed by atoms with Gasteiger partial charge in [0, 0.05) is 10.5 Å². The van der Waals surface area contributed by atoms with E-state index < -0.39 is 5.82 Å². The summed E-state index contributed by atoms with van der Waals surface area (Å²) in [5.41, 5.74) is 0.544. The highest BCUT2D eigenvalue weighted by molar-refractivity contribution is 9.10. The fourth-order valence-corrected chi connectivity index (χ4v) is 3.33. The van der Waals surface area contributed by atoms with Crippen molar-refractivity contribution in [2.75, 3.05) is 7.11 Å². The van der Waals surface area contributed by atoms with Crippen LogP contribution in [-0.2, 0) is 0 Å². The Bertz CT molecular complexity index is 765. The monoisotopic (exact) mass is 423 g/mol. The standard InChI is InChI=1S/C18H19BrFN3O3/c1-25-14-6-7-16(19)15(8-14)17(24)23-12-2-4-13(5-3-12)26-18-21-9-11(20)10-22-18/h6-10,12-13H,2-5H2,1H3,(H,23,24). The van der Waals surface area contributed by atoms with Gasteiger partial charge in [0.25, 0.3) is 5.91 Å². The summed E-state index contributed by atoms with van der Waals surface area (Å²) in [6.07, 6.45) is 5.26. The van der Waals surface area contributed by atoms with Crippen molar-refractivity contribution in [2.45, 2.75) is 37.8 Å². The molecule has 8 heteroatoms. The van der Waals surface area contributed by atoms with Crippen LogP contribution in [0.15, 0.2) is 35.1 Å². The summed E-state index contributed by atoms with van der Waals surface area (Å²) in [6.45, 7) is 0. The van der Waals surface area contributed by atoms with Gasteiger partial charge in [-0.2, -0.15) is 0 Å². The van der Waals surface area contributed by atoms with E-state index in [2.05, 4.69) is 31.2 Å². The molecule has 1 aromatic heterocycles. The first-order chi connectivity index (χ1) is 12.5. The van der Waals surface area contributed by atoms with Gasteiger partial charge in [-0.3, -0.25) is 4.79 Å². The fraction of sp³-hybridized carbons (Fsp3) is 0.389. The number of hydrogen-bond acceptors (Lipinski definition) is 5. The van der Waals surface area contributed by atoms with E-state index >= 15 is 0 Å². The SMILES string of the molecule is COc1ccc(Br)c(C(=O)NC2CCC(Oc3ncc(F)cn3)CC2)c1. The summed E-state index contributed by atoms with van der Waals surface area (Å²) in [5, 5.41) is 3.06. The van der Waals surface area contributed by atoms with Crippen molar-refractivity contribution < 1.29 is 18.7 Å². The van der Waals surface area contributed by atoms with Gasteiger partial charge in [0.1, 0.15) is 11.9 Å². The summed E-state index contributed by atoms with van der Waals surface area (Å²) in [5.74, 6) is 0.00393. The number of ether oxygens (including phenoxy) is 2. The van der Waals surface area contributed by atoms with Gasteiger partial charge in [-0.15, -0.1) is 0 Å². The lowest BCUT2D eigenvalue weighted by Crippen LogP contribution is -2.39. The molecule has 0 spiro atoms. The molecule has 138 valence electrons. The lowest BCUT2D eigenvalue weighted by atomic mass is 9.92. The molecule has 0 bridgehead atoms. The van der Waals surface area contributed by atoms with Crippen molar-refractivity contribution in [2.24, 2.45) is 0 Å². The molecule has 1 aliphatic rings. The first-order valence-electron chi connectivity index (χ1n) is 8.33. The smallest absolute Gasteiger partial charge is 0.316 e. The van der Waals surface area contributed by atoms with Crippen molar-refractivity contribution in [1.29, 1.82) is 0 Å². The van der Waals surface area contributed by atoms with E-state index in [9.17, 15) is 9.18 Å². The van der Waals surface area contributed by atoms with Crippen LogP contribution in [0.25, 0.3) is 0 Å². The number of rotatable bonds is 5. The molecule has 1 amide bonds. The minimum absolute atomic E-state index is 0.0304. The Kier molecular flexibility index (Phi) is 6.03. The Morgan fingerprint density at radius 3 is 2.58 bits per heavy atom. The number of carbonyl (C=O) groups is 1. The van der Waals surface area contributed by atoms with Gasteiger partial charge in [0.2, 0.25) is 0 Å². The number of benzene rings is 1. The van der Waals surface area contributed by atoms with Crippen LogP contribution in [-0.4, -0.2) is 35.1 Å². The minimum Gasteiger partial charge on any atom is -0.497 e. The zero-order valence-corrected chi connectivity index (χ0v) is 15.8. The molecule has 1 aliphatic carbocycles. The summed E-state index contributed by atoms with van der Waals surface area (Å²) in [4.78, 5) is 20.1. The molecule has 3 rings (SSSR count). The van der Waals surface area contributed by atoms with Crippen LogP contribution in [0.3, 0.4) is 0 Å². The summed E-state index contributed by atoms with van der Waals surface area (Å²) in [6, 6.07) is 5.55. The first-order valence-corrected chi connectivity index (χ1v) is 9.13. The molecule has 1 aromatic carbocycles. The third-order valence-electron chi connectivity index (χ3n) is 4.30. The average Bonchev–Trinajstić information content (AvgIpc) is 2.65. The predicted molar refractivity (Wildman–Crippen MR) is 96.8 cm³/mol.